The van der Waals surface area contributed by atoms with Gasteiger partial charge in [-0.05, 0) is 50.7 Å². The summed E-state index contributed by atoms with van der Waals surface area (Å²) in [5, 5.41) is 0. The van der Waals surface area contributed by atoms with Crippen molar-refractivity contribution in [1.29, 1.82) is 0 Å². The van der Waals surface area contributed by atoms with Crippen molar-refractivity contribution in [2.45, 2.75) is 57.4 Å². The van der Waals surface area contributed by atoms with E-state index in [1.807, 2.05) is 12.4 Å². The topological polar surface area (TPSA) is 55.3 Å². The van der Waals surface area contributed by atoms with Crippen molar-refractivity contribution < 1.29 is 9.53 Å². The Hall–Kier alpha value is -3.05. The van der Waals surface area contributed by atoms with Gasteiger partial charge in [0.25, 0.3) is 0 Å². The summed E-state index contributed by atoms with van der Waals surface area (Å²) in [6.07, 6.45) is 7.79. The van der Waals surface area contributed by atoms with Crippen LogP contribution in [0.2, 0.25) is 0 Å². The van der Waals surface area contributed by atoms with E-state index in [0.717, 1.165) is 55.6 Å². The van der Waals surface area contributed by atoms with Gasteiger partial charge in [-0.1, -0.05) is 59.7 Å². The fraction of sp³-hybridized carbons (Fsp3) is 0.414. The monoisotopic (exact) mass is 455 g/mol. The number of aryl methyl sites for hydroxylation is 2. The number of carbonyl (C=O) groups excluding carboxylic acids is 1. The summed E-state index contributed by atoms with van der Waals surface area (Å²) in [7, 11) is 0. The SMILES string of the molecule is Cc1cccc(Cc2cncc([C@H]3CCCN3C(=O)C3(c4cccc(C)c4)CCOCC3)n2)c1. The van der Waals surface area contributed by atoms with Crippen molar-refractivity contribution in [3.63, 3.8) is 0 Å². The van der Waals surface area contributed by atoms with E-state index in [0.29, 0.717) is 13.2 Å². The molecule has 0 radical (unpaired) electrons. The first-order valence-electron chi connectivity index (χ1n) is 12.4. The Balaban J connectivity index is 1.43. The molecule has 2 aliphatic heterocycles. The number of amides is 1. The summed E-state index contributed by atoms with van der Waals surface area (Å²) < 4.78 is 5.69. The highest BCUT2D eigenvalue weighted by atomic mass is 16.5. The Labute approximate surface area is 202 Å². The summed E-state index contributed by atoms with van der Waals surface area (Å²) in [6.45, 7) is 6.19. The van der Waals surface area contributed by atoms with Gasteiger partial charge >= 0.3 is 0 Å². The standard InChI is InChI=1S/C29H33N3O2/c1-21-6-3-8-23(16-21)18-25-19-30-20-26(31-25)27-10-5-13-32(27)28(33)29(11-14-34-15-12-29)24-9-4-7-22(2)17-24/h3-4,6-9,16-17,19-20,27H,5,10-15,18H2,1-2H3/t27-/m1/s1. The molecule has 176 valence electrons. The third-order valence-electron chi connectivity index (χ3n) is 7.35. The molecule has 2 aromatic carbocycles. The van der Waals surface area contributed by atoms with Crippen molar-refractivity contribution in [3.8, 4) is 0 Å². The minimum Gasteiger partial charge on any atom is -0.381 e. The fourth-order valence-corrected chi connectivity index (χ4v) is 5.58. The predicted octanol–water partition coefficient (Wildman–Crippen LogP) is 5.10. The third kappa shape index (κ3) is 4.49. The number of rotatable bonds is 5. The largest absolute Gasteiger partial charge is 0.381 e. The highest BCUT2D eigenvalue weighted by Gasteiger charge is 2.47. The highest BCUT2D eigenvalue weighted by Crippen LogP contribution is 2.41. The molecule has 1 atom stereocenters. The second-order valence-electron chi connectivity index (χ2n) is 9.82. The average molecular weight is 456 g/mol. The quantitative estimate of drug-likeness (QED) is 0.537. The maximum Gasteiger partial charge on any atom is 0.233 e. The number of hydrogen-bond donors (Lipinski definition) is 0. The zero-order valence-corrected chi connectivity index (χ0v) is 20.2. The van der Waals surface area contributed by atoms with E-state index >= 15 is 0 Å². The zero-order chi connectivity index (χ0) is 23.5. The summed E-state index contributed by atoms with van der Waals surface area (Å²) in [5.74, 6) is 0.217. The maximum atomic E-state index is 14.3. The molecule has 0 bridgehead atoms. The van der Waals surface area contributed by atoms with Gasteiger partial charge in [-0.2, -0.15) is 0 Å². The Morgan fingerprint density at radius 2 is 1.82 bits per heavy atom. The van der Waals surface area contributed by atoms with E-state index in [1.165, 1.54) is 16.7 Å². The van der Waals surface area contributed by atoms with E-state index in [1.54, 1.807) is 0 Å². The first-order chi connectivity index (χ1) is 16.5. The molecule has 0 aliphatic carbocycles. The average Bonchev–Trinajstić information content (AvgIpc) is 3.34. The van der Waals surface area contributed by atoms with E-state index in [4.69, 9.17) is 9.72 Å². The van der Waals surface area contributed by atoms with Crippen LogP contribution in [0.5, 0.6) is 0 Å². The molecule has 3 aromatic rings. The normalized spacial score (nSPS) is 19.8. The van der Waals surface area contributed by atoms with Crippen LogP contribution in [0.4, 0.5) is 0 Å². The van der Waals surface area contributed by atoms with Gasteiger partial charge in [0, 0.05) is 32.4 Å². The van der Waals surface area contributed by atoms with E-state index < -0.39 is 5.41 Å². The van der Waals surface area contributed by atoms with Crippen LogP contribution < -0.4 is 0 Å². The molecule has 0 N–H and O–H groups in total. The second-order valence-corrected chi connectivity index (χ2v) is 9.82. The number of aromatic nitrogens is 2. The molecule has 5 heteroatoms. The molecule has 1 amide bonds. The highest BCUT2D eigenvalue weighted by molar-refractivity contribution is 5.89. The van der Waals surface area contributed by atoms with Gasteiger partial charge in [-0.3, -0.25) is 14.8 Å². The van der Waals surface area contributed by atoms with Crippen LogP contribution in [0.15, 0.2) is 60.9 Å². The van der Waals surface area contributed by atoms with Gasteiger partial charge in [0.05, 0.1) is 29.0 Å². The van der Waals surface area contributed by atoms with Crippen LogP contribution in [0, 0.1) is 13.8 Å². The van der Waals surface area contributed by atoms with Crippen LogP contribution in [-0.4, -0.2) is 40.5 Å². The smallest absolute Gasteiger partial charge is 0.233 e. The lowest BCUT2D eigenvalue weighted by molar-refractivity contribution is -0.142. The van der Waals surface area contributed by atoms with Gasteiger partial charge in [0.1, 0.15) is 0 Å². The molecule has 2 aliphatic rings. The minimum atomic E-state index is -0.528. The first-order valence-corrected chi connectivity index (χ1v) is 12.4. The molecular formula is C29H33N3O2. The molecule has 0 saturated carbocycles. The summed E-state index contributed by atoms with van der Waals surface area (Å²) in [6, 6.07) is 16.9. The lowest BCUT2D eigenvalue weighted by Crippen LogP contribution is -2.49. The third-order valence-corrected chi connectivity index (χ3v) is 7.35. The second kappa shape index (κ2) is 9.67. The first kappa shape index (κ1) is 22.7. The predicted molar refractivity (Wildman–Crippen MR) is 133 cm³/mol. The van der Waals surface area contributed by atoms with Crippen molar-refractivity contribution in [2.75, 3.05) is 19.8 Å². The van der Waals surface area contributed by atoms with E-state index in [2.05, 4.69) is 72.3 Å². The molecule has 3 heterocycles. The molecule has 0 spiro atoms. The van der Waals surface area contributed by atoms with Gasteiger partial charge in [-0.15, -0.1) is 0 Å². The van der Waals surface area contributed by atoms with Gasteiger partial charge in [-0.25, -0.2) is 0 Å². The molecular weight excluding hydrogens is 422 g/mol. The van der Waals surface area contributed by atoms with Crippen LogP contribution in [-0.2, 0) is 21.4 Å². The number of nitrogens with zero attached hydrogens (tertiary/aromatic N) is 3. The van der Waals surface area contributed by atoms with Crippen LogP contribution in [0.25, 0.3) is 0 Å². The Morgan fingerprint density at radius 3 is 2.59 bits per heavy atom. The Kier molecular flexibility index (Phi) is 6.46. The van der Waals surface area contributed by atoms with Crippen LogP contribution in [0.3, 0.4) is 0 Å². The number of carbonyl (C=O) groups is 1. The number of benzene rings is 2. The Morgan fingerprint density at radius 1 is 1.06 bits per heavy atom. The molecule has 1 aromatic heterocycles. The summed E-state index contributed by atoms with van der Waals surface area (Å²) >= 11 is 0. The maximum absolute atomic E-state index is 14.3. The lowest BCUT2D eigenvalue weighted by Gasteiger charge is -2.40. The fourth-order valence-electron chi connectivity index (χ4n) is 5.58. The molecule has 2 fully saturated rings. The van der Waals surface area contributed by atoms with Gasteiger partial charge in [0.2, 0.25) is 5.91 Å². The Bertz CT molecular complexity index is 1170. The van der Waals surface area contributed by atoms with Gasteiger partial charge < -0.3 is 9.64 Å². The molecule has 0 unspecified atom stereocenters. The van der Waals surface area contributed by atoms with Crippen LogP contribution >= 0.6 is 0 Å². The lowest BCUT2D eigenvalue weighted by atomic mass is 9.72. The van der Waals surface area contributed by atoms with E-state index in [-0.39, 0.29) is 11.9 Å². The van der Waals surface area contributed by atoms with Crippen LogP contribution in [0.1, 0.15) is 65.4 Å². The number of likely N-dealkylation sites (tertiary alicyclic amines) is 1. The van der Waals surface area contributed by atoms with E-state index in [9.17, 15) is 4.79 Å². The van der Waals surface area contributed by atoms with Crippen molar-refractivity contribution in [3.05, 3.63) is 94.6 Å². The zero-order valence-electron chi connectivity index (χ0n) is 20.2. The number of hydrogen-bond acceptors (Lipinski definition) is 4. The minimum absolute atomic E-state index is 0.0259. The number of ether oxygens (including phenoxy) is 1. The molecule has 34 heavy (non-hydrogen) atoms. The van der Waals surface area contributed by atoms with Crippen molar-refractivity contribution >= 4 is 5.91 Å². The molecule has 2 saturated heterocycles. The van der Waals surface area contributed by atoms with Crippen molar-refractivity contribution in [1.82, 2.24) is 14.9 Å². The molecule has 5 nitrogen and oxygen atoms in total. The molecule has 5 rings (SSSR count). The summed E-state index contributed by atoms with van der Waals surface area (Å²) in [4.78, 5) is 25.8. The summed E-state index contributed by atoms with van der Waals surface area (Å²) in [5.41, 5.74) is 6.09. The van der Waals surface area contributed by atoms with Crippen molar-refractivity contribution in [2.24, 2.45) is 0 Å². The van der Waals surface area contributed by atoms with Gasteiger partial charge in [0.15, 0.2) is 0 Å².